The van der Waals surface area contributed by atoms with Crippen LogP contribution in [0.1, 0.15) is 16.7 Å². The number of sulfonamides is 1. The average Bonchev–Trinajstić information content (AvgIpc) is 3.33. The van der Waals surface area contributed by atoms with Gasteiger partial charge in [0, 0.05) is 31.5 Å². The van der Waals surface area contributed by atoms with Crippen LogP contribution < -0.4 is 5.32 Å². The molecule has 30 heavy (non-hydrogen) atoms. The number of nitrogens with one attached hydrogen (secondary N) is 1. The molecule has 8 nitrogen and oxygen atoms in total. The van der Waals surface area contributed by atoms with Gasteiger partial charge in [-0.1, -0.05) is 36.4 Å². The molecule has 1 amide bonds. The molecule has 1 aromatic heterocycles. The Morgan fingerprint density at radius 3 is 2.57 bits per heavy atom. The highest BCUT2D eigenvalue weighted by atomic mass is 32.2. The molecule has 0 fully saturated rings. The summed E-state index contributed by atoms with van der Waals surface area (Å²) in [6, 6.07) is 16.3. The summed E-state index contributed by atoms with van der Waals surface area (Å²) in [5.74, 6) is 0.0516. The van der Waals surface area contributed by atoms with Crippen molar-refractivity contribution in [2.75, 3.05) is 13.6 Å². The Kier molecular flexibility index (Phi) is 5.37. The number of amides is 1. The van der Waals surface area contributed by atoms with Gasteiger partial charge in [0.15, 0.2) is 5.84 Å². The molecule has 154 valence electrons. The van der Waals surface area contributed by atoms with E-state index in [1.807, 2.05) is 41.2 Å². The lowest BCUT2D eigenvalue weighted by Crippen LogP contribution is -2.38. The molecule has 0 saturated heterocycles. The van der Waals surface area contributed by atoms with Gasteiger partial charge in [0.05, 0.1) is 13.1 Å². The molecule has 1 N–H and O–H groups in total. The highest BCUT2D eigenvalue weighted by molar-refractivity contribution is 7.90. The summed E-state index contributed by atoms with van der Waals surface area (Å²) >= 11 is 0. The van der Waals surface area contributed by atoms with Crippen LogP contribution in [-0.2, 0) is 27.9 Å². The molecule has 0 unspecified atom stereocenters. The fourth-order valence-corrected chi connectivity index (χ4v) is 4.61. The maximum Gasteiger partial charge on any atom is 0.285 e. The minimum absolute atomic E-state index is 0.00991. The van der Waals surface area contributed by atoms with Crippen molar-refractivity contribution in [1.82, 2.24) is 20.0 Å². The molecule has 0 bridgehead atoms. The summed E-state index contributed by atoms with van der Waals surface area (Å²) in [5.41, 5.74) is 2.57. The molecule has 2 aromatic carbocycles. The van der Waals surface area contributed by atoms with E-state index >= 15 is 0 Å². The smallest absolute Gasteiger partial charge is 0.285 e. The van der Waals surface area contributed by atoms with Crippen molar-refractivity contribution in [3.63, 3.8) is 0 Å². The number of hydrogen-bond acceptors (Lipinski definition) is 5. The van der Waals surface area contributed by atoms with E-state index in [1.165, 1.54) is 6.07 Å². The van der Waals surface area contributed by atoms with E-state index < -0.39 is 10.0 Å². The number of rotatable bonds is 6. The highest BCUT2D eigenvalue weighted by Crippen LogP contribution is 2.26. The summed E-state index contributed by atoms with van der Waals surface area (Å²) in [6.45, 7) is 0.972. The van der Waals surface area contributed by atoms with Crippen LogP contribution in [0.15, 0.2) is 76.3 Å². The number of aromatic nitrogens is 2. The van der Waals surface area contributed by atoms with Crippen LogP contribution in [0, 0.1) is 0 Å². The number of fused-ring (bicyclic) bond motifs is 1. The Morgan fingerprint density at radius 1 is 1.07 bits per heavy atom. The summed E-state index contributed by atoms with van der Waals surface area (Å²) in [5, 5.41) is 7.13. The van der Waals surface area contributed by atoms with E-state index in [2.05, 4.69) is 14.8 Å². The number of amidine groups is 1. The predicted octanol–water partition coefficient (Wildman–Crippen LogP) is 1.63. The van der Waals surface area contributed by atoms with Crippen molar-refractivity contribution in [2.24, 2.45) is 4.40 Å². The van der Waals surface area contributed by atoms with E-state index in [4.69, 9.17) is 0 Å². The average molecular weight is 423 g/mol. The molecule has 0 aliphatic carbocycles. The first-order chi connectivity index (χ1) is 14.4. The fourth-order valence-electron chi connectivity index (χ4n) is 3.36. The first kappa shape index (κ1) is 19.8. The summed E-state index contributed by atoms with van der Waals surface area (Å²) in [7, 11) is -2.06. The van der Waals surface area contributed by atoms with Gasteiger partial charge in [0.2, 0.25) is 5.91 Å². The molecule has 0 spiro atoms. The largest absolute Gasteiger partial charge is 0.350 e. The Bertz CT molecular complexity index is 1200. The second-order valence-corrected chi connectivity index (χ2v) is 8.56. The molecule has 0 saturated carbocycles. The van der Waals surface area contributed by atoms with E-state index in [0.29, 0.717) is 18.7 Å². The quantitative estimate of drug-likeness (QED) is 0.650. The third-order valence-electron chi connectivity index (χ3n) is 4.84. The Balaban J connectivity index is 1.41. The van der Waals surface area contributed by atoms with Gasteiger partial charge < -0.3 is 10.2 Å². The molecular formula is C21H21N5O3S. The third-order valence-corrected chi connectivity index (χ3v) is 6.17. The van der Waals surface area contributed by atoms with Crippen LogP contribution in [-0.4, -0.2) is 48.4 Å². The molecule has 3 aromatic rings. The zero-order valence-corrected chi connectivity index (χ0v) is 17.2. The van der Waals surface area contributed by atoms with Crippen molar-refractivity contribution in [3.8, 4) is 0 Å². The Morgan fingerprint density at radius 2 is 1.80 bits per heavy atom. The monoisotopic (exact) mass is 423 g/mol. The fraction of sp³-hybridized carbons (Fsp3) is 0.190. The van der Waals surface area contributed by atoms with Gasteiger partial charge in [-0.05, 0) is 29.3 Å². The minimum atomic E-state index is -3.72. The molecule has 1 aliphatic rings. The first-order valence-corrected chi connectivity index (χ1v) is 10.8. The van der Waals surface area contributed by atoms with Gasteiger partial charge in [-0.2, -0.15) is 13.5 Å². The maximum absolute atomic E-state index is 12.5. The van der Waals surface area contributed by atoms with Gasteiger partial charge in [-0.15, -0.1) is 4.40 Å². The van der Waals surface area contributed by atoms with Crippen LogP contribution in [0.3, 0.4) is 0 Å². The minimum Gasteiger partial charge on any atom is -0.350 e. The van der Waals surface area contributed by atoms with Crippen LogP contribution in [0.25, 0.3) is 0 Å². The summed E-state index contributed by atoms with van der Waals surface area (Å²) in [4.78, 5) is 14.2. The topological polar surface area (TPSA) is 96.7 Å². The number of nitrogens with zero attached hydrogens (tertiary/aromatic N) is 4. The Labute approximate surface area is 174 Å². The van der Waals surface area contributed by atoms with Gasteiger partial charge in [-0.25, -0.2) is 0 Å². The summed E-state index contributed by atoms with van der Waals surface area (Å²) < 4.78 is 30.1. The normalized spacial score (nSPS) is 14.1. The van der Waals surface area contributed by atoms with E-state index in [1.54, 1.807) is 36.3 Å². The second-order valence-electron chi connectivity index (χ2n) is 6.99. The molecular weight excluding hydrogens is 402 g/mol. The highest BCUT2D eigenvalue weighted by Gasteiger charge is 2.30. The van der Waals surface area contributed by atoms with Crippen LogP contribution in [0.4, 0.5) is 0 Å². The van der Waals surface area contributed by atoms with Gasteiger partial charge in [-0.3, -0.25) is 9.48 Å². The van der Waals surface area contributed by atoms with E-state index in [-0.39, 0.29) is 23.2 Å². The number of likely N-dealkylation sites (N-methyl/N-ethyl adjacent to an activating group) is 1. The van der Waals surface area contributed by atoms with Crippen molar-refractivity contribution in [2.45, 2.75) is 18.0 Å². The molecule has 9 heteroatoms. The van der Waals surface area contributed by atoms with Crippen molar-refractivity contribution in [3.05, 3.63) is 83.7 Å². The van der Waals surface area contributed by atoms with Crippen molar-refractivity contribution in [1.29, 1.82) is 0 Å². The number of carbonyl (C=O) groups is 1. The van der Waals surface area contributed by atoms with Gasteiger partial charge >= 0.3 is 0 Å². The van der Waals surface area contributed by atoms with Crippen molar-refractivity contribution >= 4 is 21.8 Å². The molecule has 0 atom stereocenters. The predicted molar refractivity (Wildman–Crippen MR) is 112 cm³/mol. The first-order valence-electron chi connectivity index (χ1n) is 9.40. The molecule has 0 radical (unpaired) electrons. The molecule has 4 rings (SSSR count). The van der Waals surface area contributed by atoms with Crippen molar-refractivity contribution < 1.29 is 13.2 Å². The third kappa shape index (κ3) is 4.11. The standard InChI is InChI=1S/C21H21N5O3S/c1-25(21-18-9-4-5-10-19(18)30(28,29)24-21)15-20(27)22-13-16-7-2-3-8-17(16)14-26-12-6-11-23-26/h2-12H,13-15H2,1H3,(H,22,27). The van der Waals surface area contributed by atoms with Gasteiger partial charge in [0.1, 0.15) is 4.90 Å². The lowest BCUT2D eigenvalue weighted by Gasteiger charge is -2.19. The summed E-state index contributed by atoms with van der Waals surface area (Å²) in [6.07, 6.45) is 3.61. The number of benzene rings is 2. The Hall–Kier alpha value is -3.46. The molecule has 1 aliphatic heterocycles. The SMILES string of the molecule is CN(CC(=O)NCc1ccccc1Cn1cccn1)C1=NS(=O)(=O)c2ccccc21. The van der Waals surface area contributed by atoms with Crippen LogP contribution in [0.2, 0.25) is 0 Å². The van der Waals surface area contributed by atoms with E-state index in [9.17, 15) is 13.2 Å². The number of carbonyl (C=O) groups excluding carboxylic acids is 1. The number of hydrogen-bond donors (Lipinski definition) is 1. The zero-order chi connectivity index (χ0) is 21.1. The van der Waals surface area contributed by atoms with Gasteiger partial charge in [0.25, 0.3) is 10.0 Å². The lowest BCUT2D eigenvalue weighted by atomic mass is 10.1. The van der Waals surface area contributed by atoms with Crippen LogP contribution in [0.5, 0.6) is 0 Å². The van der Waals surface area contributed by atoms with E-state index in [0.717, 1.165) is 11.1 Å². The molecule has 2 heterocycles. The second kappa shape index (κ2) is 8.11. The lowest BCUT2D eigenvalue weighted by molar-refractivity contribution is -0.121. The zero-order valence-electron chi connectivity index (χ0n) is 16.4. The van der Waals surface area contributed by atoms with Crippen LogP contribution >= 0.6 is 0 Å². The maximum atomic E-state index is 12.5.